The van der Waals surface area contributed by atoms with Crippen LogP contribution in [0.2, 0.25) is 0 Å². The summed E-state index contributed by atoms with van der Waals surface area (Å²) in [6, 6.07) is 33.6. The summed E-state index contributed by atoms with van der Waals surface area (Å²) in [5, 5.41) is 4.59. The number of aromatic nitrogens is 2. The summed E-state index contributed by atoms with van der Waals surface area (Å²) >= 11 is 0. The van der Waals surface area contributed by atoms with Crippen LogP contribution in [0.15, 0.2) is 101 Å². The fourth-order valence-electron chi connectivity index (χ4n) is 4.70. The molecule has 3 aromatic heterocycles. The summed E-state index contributed by atoms with van der Waals surface area (Å²) in [6.07, 6.45) is 0. The molecule has 0 saturated heterocycles. The van der Waals surface area contributed by atoms with Crippen molar-refractivity contribution < 1.29 is 4.42 Å². The number of para-hydroxylation sites is 4. The average Bonchev–Trinajstić information content (AvgIpc) is 3.33. The second kappa shape index (κ2) is 5.71. The van der Waals surface area contributed by atoms with Crippen molar-refractivity contribution >= 4 is 54.8 Å². The van der Waals surface area contributed by atoms with Crippen LogP contribution in [0.4, 0.5) is 0 Å². The van der Waals surface area contributed by atoms with Gasteiger partial charge in [0, 0.05) is 21.5 Å². The second-order valence-corrected chi connectivity index (χ2v) is 7.62. The minimum atomic E-state index is 0.821. The monoisotopic (exact) mass is 384 g/mol. The van der Waals surface area contributed by atoms with Gasteiger partial charge >= 0.3 is 0 Å². The van der Waals surface area contributed by atoms with E-state index >= 15 is 0 Å². The zero-order valence-electron chi connectivity index (χ0n) is 16.0. The largest absolute Gasteiger partial charge is 0.452 e. The number of pyridine rings is 1. The van der Waals surface area contributed by atoms with Crippen molar-refractivity contribution in [3.8, 4) is 5.69 Å². The number of furan rings is 1. The molecule has 30 heavy (non-hydrogen) atoms. The molecular weight excluding hydrogens is 368 g/mol. The van der Waals surface area contributed by atoms with E-state index in [-0.39, 0.29) is 0 Å². The lowest BCUT2D eigenvalue weighted by Gasteiger charge is -2.12. The maximum absolute atomic E-state index is 6.43. The lowest BCUT2D eigenvalue weighted by Crippen LogP contribution is -1.97. The molecule has 0 aliphatic rings. The van der Waals surface area contributed by atoms with Crippen molar-refractivity contribution in [1.29, 1.82) is 0 Å². The summed E-state index contributed by atoms with van der Waals surface area (Å²) in [5.74, 6) is 0. The maximum atomic E-state index is 6.43. The van der Waals surface area contributed by atoms with Gasteiger partial charge in [-0.1, -0.05) is 66.7 Å². The SMILES string of the molecule is c1ccc2c(-n3c4ccccc4c4ccccc43)c3oc4ccccc4c3nc2c1. The summed E-state index contributed by atoms with van der Waals surface area (Å²) in [5.41, 5.74) is 6.92. The third-order valence-corrected chi connectivity index (χ3v) is 5.98. The average molecular weight is 384 g/mol. The number of hydrogen-bond donors (Lipinski definition) is 0. The van der Waals surface area contributed by atoms with Gasteiger partial charge in [0.15, 0.2) is 5.58 Å². The molecule has 140 valence electrons. The first kappa shape index (κ1) is 15.8. The Morgan fingerprint density at radius 1 is 0.567 bits per heavy atom. The van der Waals surface area contributed by atoms with E-state index in [1.54, 1.807) is 0 Å². The zero-order chi connectivity index (χ0) is 19.7. The molecule has 0 saturated carbocycles. The van der Waals surface area contributed by atoms with Crippen molar-refractivity contribution in [1.82, 2.24) is 9.55 Å². The van der Waals surface area contributed by atoms with Crippen LogP contribution in [0.3, 0.4) is 0 Å². The smallest absolute Gasteiger partial charge is 0.178 e. The number of nitrogens with zero attached hydrogens (tertiary/aromatic N) is 2. The van der Waals surface area contributed by atoms with Crippen LogP contribution in [0.25, 0.3) is 60.5 Å². The molecule has 0 unspecified atom stereocenters. The quantitative estimate of drug-likeness (QED) is 0.299. The Morgan fingerprint density at radius 3 is 1.87 bits per heavy atom. The molecule has 0 aliphatic carbocycles. The van der Waals surface area contributed by atoms with Gasteiger partial charge in [-0.3, -0.25) is 0 Å². The fourth-order valence-corrected chi connectivity index (χ4v) is 4.70. The predicted octanol–water partition coefficient (Wildman–Crippen LogP) is 7.23. The van der Waals surface area contributed by atoms with Crippen LogP contribution in [0.5, 0.6) is 0 Å². The highest BCUT2D eigenvalue weighted by Gasteiger charge is 2.21. The van der Waals surface area contributed by atoms with Gasteiger partial charge in [-0.15, -0.1) is 0 Å². The van der Waals surface area contributed by atoms with Crippen LogP contribution in [-0.4, -0.2) is 9.55 Å². The Bertz CT molecular complexity index is 1700. The summed E-state index contributed by atoms with van der Waals surface area (Å²) in [6.45, 7) is 0. The van der Waals surface area contributed by atoms with Crippen LogP contribution in [0, 0.1) is 0 Å². The Morgan fingerprint density at radius 2 is 1.13 bits per heavy atom. The topological polar surface area (TPSA) is 31.0 Å². The van der Waals surface area contributed by atoms with Crippen LogP contribution < -0.4 is 0 Å². The maximum Gasteiger partial charge on any atom is 0.178 e. The zero-order valence-corrected chi connectivity index (χ0v) is 16.0. The minimum absolute atomic E-state index is 0.821. The molecule has 3 heterocycles. The molecule has 0 N–H and O–H groups in total. The first-order valence-corrected chi connectivity index (χ1v) is 10.1. The van der Waals surface area contributed by atoms with E-state index in [1.807, 2.05) is 24.3 Å². The van der Waals surface area contributed by atoms with Crippen molar-refractivity contribution in [3.63, 3.8) is 0 Å². The predicted molar refractivity (Wildman–Crippen MR) is 123 cm³/mol. The molecule has 0 aliphatic heterocycles. The van der Waals surface area contributed by atoms with E-state index in [2.05, 4.69) is 77.4 Å². The molecule has 0 fully saturated rings. The standard InChI is InChI=1S/C27H16N2O/c1-5-13-21-19(11-1)26(27-25(28-21)20-12-4-8-16-24(20)30-27)29-22-14-6-2-9-17(22)18-10-3-7-15-23(18)29/h1-16H. The number of benzene rings is 4. The normalized spacial score (nSPS) is 12.0. The van der Waals surface area contributed by atoms with Gasteiger partial charge in [-0.2, -0.15) is 0 Å². The molecule has 0 amide bonds. The summed E-state index contributed by atoms with van der Waals surface area (Å²) in [7, 11) is 0. The van der Waals surface area contributed by atoms with Crippen molar-refractivity contribution in [2.24, 2.45) is 0 Å². The second-order valence-electron chi connectivity index (χ2n) is 7.62. The molecule has 4 aromatic carbocycles. The molecule has 3 heteroatoms. The van der Waals surface area contributed by atoms with Crippen LogP contribution in [-0.2, 0) is 0 Å². The Kier molecular flexibility index (Phi) is 3.00. The first-order valence-electron chi connectivity index (χ1n) is 10.1. The molecule has 0 bridgehead atoms. The molecule has 0 atom stereocenters. The van der Waals surface area contributed by atoms with E-state index < -0.39 is 0 Å². The fraction of sp³-hybridized carbons (Fsp3) is 0. The van der Waals surface area contributed by atoms with Gasteiger partial charge in [-0.25, -0.2) is 4.98 Å². The van der Waals surface area contributed by atoms with Crippen molar-refractivity contribution in [2.75, 3.05) is 0 Å². The van der Waals surface area contributed by atoms with Gasteiger partial charge < -0.3 is 8.98 Å². The number of rotatable bonds is 1. The van der Waals surface area contributed by atoms with Crippen LogP contribution >= 0.6 is 0 Å². The molecular formula is C27H16N2O. The first-order chi connectivity index (χ1) is 14.9. The molecule has 7 rings (SSSR count). The highest BCUT2D eigenvalue weighted by Crippen LogP contribution is 2.40. The number of hydrogen-bond acceptors (Lipinski definition) is 2. The molecule has 7 aromatic rings. The highest BCUT2D eigenvalue weighted by molar-refractivity contribution is 6.15. The van der Waals surface area contributed by atoms with E-state index in [9.17, 15) is 0 Å². The number of fused-ring (bicyclic) bond motifs is 7. The van der Waals surface area contributed by atoms with E-state index in [0.29, 0.717) is 0 Å². The van der Waals surface area contributed by atoms with Crippen LogP contribution in [0.1, 0.15) is 0 Å². The van der Waals surface area contributed by atoms with Gasteiger partial charge in [0.25, 0.3) is 0 Å². The van der Waals surface area contributed by atoms with Gasteiger partial charge in [-0.05, 0) is 30.3 Å². The van der Waals surface area contributed by atoms with E-state index in [1.165, 1.54) is 10.8 Å². The van der Waals surface area contributed by atoms with Gasteiger partial charge in [0.2, 0.25) is 0 Å². The Hall–Kier alpha value is -4.11. The van der Waals surface area contributed by atoms with E-state index in [4.69, 9.17) is 9.40 Å². The Balaban J connectivity index is 1.80. The molecule has 3 nitrogen and oxygen atoms in total. The van der Waals surface area contributed by atoms with E-state index in [0.717, 1.165) is 49.7 Å². The lowest BCUT2D eigenvalue weighted by molar-refractivity contribution is 0.666. The van der Waals surface area contributed by atoms with Crippen molar-refractivity contribution in [2.45, 2.75) is 0 Å². The molecule has 0 spiro atoms. The Labute approximate surface area is 171 Å². The third kappa shape index (κ3) is 1.96. The molecule has 0 radical (unpaired) electrons. The van der Waals surface area contributed by atoms with Gasteiger partial charge in [0.05, 0.1) is 16.6 Å². The summed E-state index contributed by atoms with van der Waals surface area (Å²) in [4.78, 5) is 4.99. The highest BCUT2D eigenvalue weighted by atomic mass is 16.3. The minimum Gasteiger partial charge on any atom is -0.452 e. The van der Waals surface area contributed by atoms with Gasteiger partial charge in [0.1, 0.15) is 16.8 Å². The third-order valence-electron chi connectivity index (χ3n) is 5.98. The van der Waals surface area contributed by atoms with Crippen molar-refractivity contribution in [3.05, 3.63) is 97.1 Å². The summed E-state index contributed by atoms with van der Waals surface area (Å²) < 4.78 is 8.76. The lowest BCUT2D eigenvalue weighted by atomic mass is 10.1.